The first kappa shape index (κ1) is 15.2. The number of halogens is 1. The summed E-state index contributed by atoms with van der Waals surface area (Å²) in [6, 6.07) is 5.86. The van der Waals surface area contributed by atoms with Crippen molar-refractivity contribution in [3.63, 3.8) is 0 Å². The van der Waals surface area contributed by atoms with Crippen LogP contribution < -0.4 is 5.32 Å². The second-order valence-electron chi connectivity index (χ2n) is 6.26. The molecule has 0 aliphatic heterocycles. The van der Waals surface area contributed by atoms with Gasteiger partial charge < -0.3 is 5.32 Å². The SMILES string of the molecule is CC[S@](=O)[C@@H]1CCC[C@@H](N[C@@H]2CCc3ccc(F)cc32)C1. The summed E-state index contributed by atoms with van der Waals surface area (Å²) in [5, 5.41) is 4.05. The first-order valence-electron chi connectivity index (χ1n) is 8.09. The molecule has 3 rings (SSSR count). The summed E-state index contributed by atoms with van der Waals surface area (Å²) in [5.41, 5.74) is 2.41. The van der Waals surface area contributed by atoms with Crippen LogP contribution in [0.5, 0.6) is 0 Å². The Morgan fingerprint density at radius 2 is 2.19 bits per heavy atom. The average molecular weight is 309 g/mol. The van der Waals surface area contributed by atoms with Gasteiger partial charge in [0.1, 0.15) is 5.82 Å². The summed E-state index contributed by atoms with van der Waals surface area (Å²) in [6.45, 7) is 2.00. The van der Waals surface area contributed by atoms with Gasteiger partial charge in [0.15, 0.2) is 0 Å². The highest BCUT2D eigenvalue weighted by atomic mass is 32.2. The molecule has 0 amide bonds. The monoisotopic (exact) mass is 309 g/mol. The average Bonchev–Trinajstić information content (AvgIpc) is 2.89. The van der Waals surface area contributed by atoms with E-state index in [9.17, 15) is 8.60 Å². The Morgan fingerprint density at radius 3 is 3.00 bits per heavy atom. The van der Waals surface area contributed by atoms with Crippen LogP contribution in [0.2, 0.25) is 0 Å². The maximum absolute atomic E-state index is 13.5. The first-order chi connectivity index (χ1) is 10.2. The molecule has 1 aromatic carbocycles. The van der Waals surface area contributed by atoms with Gasteiger partial charge in [0.2, 0.25) is 0 Å². The van der Waals surface area contributed by atoms with Gasteiger partial charge in [0, 0.05) is 33.9 Å². The van der Waals surface area contributed by atoms with Crippen LogP contribution in [0, 0.1) is 5.82 Å². The van der Waals surface area contributed by atoms with Gasteiger partial charge in [-0.3, -0.25) is 4.21 Å². The largest absolute Gasteiger partial charge is 0.307 e. The summed E-state index contributed by atoms with van der Waals surface area (Å²) in [7, 11) is -0.686. The third kappa shape index (κ3) is 3.37. The van der Waals surface area contributed by atoms with Gasteiger partial charge in [-0.05, 0) is 55.4 Å². The Kier molecular flexibility index (Phi) is 4.75. The van der Waals surface area contributed by atoms with Crippen molar-refractivity contribution in [1.29, 1.82) is 0 Å². The number of hydrogen-bond acceptors (Lipinski definition) is 2. The number of hydrogen-bond donors (Lipinski definition) is 1. The molecule has 0 radical (unpaired) electrons. The molecule has 1 aromatic rings. The molecule has 1 saturated carbocycles. The maximum atomic E-state index is 13.5. The molecule has 2 aliphatic rings. The Morgan fingerprint density at radius 1 is 1.33 bits per heavy atom. The van der Waals surface area contributed by atoms with Gasteiger partial charge in [0.25, 0.3) is 0 Å². The molecule has 116 valence electrons. The predicted octanol–water partition coefficient (Wildman–Crippen LogP) is 3.48. The smallest absolute Gasteiger partial charge is 0.123 e. The molecular weight excluding hydrogens is 285 g/mol. The van der Waals surface area contributed by atoms with E-state index in [0.29, 0.717) is 11.3 Å². The second-order valence-corrected chi connectivity index (χ2v) is 8.26. The molecule has 2 nitrogen and oxygen atoms in total. The Bertz CT molecular complexity index is 534. The fraction of sp³-hybridized carbons (Fsp3) is 0.647. The van der Waals surface area contributed by atoms with Crippen molar-refractivity contribution >= 4 is 10.8 Å². The fourth-order valence-corrected chi connectivity index (χ4v) is 5.15. The standard InChI is InChI=1S/C17H24FNOS/c1-2-21(20)15-5-3-4-14(11-15)19-17-9-7-12-6-8-13(18)10-16(12)17/h6,8,10,14-15,17,19H,2-5,7,9,11H2,1H3/t14-,15-,17-,21+/m1/s1. The van der Waals surface area contributed by atoms with Gasteiger partial charge in [-0.25, -0.2) is 4.39 Å². The molecule has 4 atom stereocenters. The van der Waals surface area contributed by atoms with E-state index in [1.54, 1.807) is 12.1 Å². The van der Waals surface area contributed by atoms with Crippen LogP contribution in [-0.2, 0) is 17.2 Å². The van der Waals surface area contributed by atoms with E-state index in [2.05, 4.69) is 5.32 Å². The quantitative estimate of drug-likeness (QED) is 0.922. The lowest BCUT2D eigenvalue weighted by Gasteiger charge is -2.31. The molecule has 0 heterocycles. The van der Waals surface area contributed by atoms with Crippen LogP contribution in [0.25, 0.3) is 0 Å². The van der Waals surface area contributed by atoms with Crippen molar-refractivity contribution in [3.8, 4) is 0 Å². The zero-order valence-electron chi connectivity index (χ0n) is 12.6. The molecule has 4 heteroatoms. The minimum Gasteiger partial charge on any atom is -0.307 e. The molecule has 0 saturated heterocycles. The van der Waals surface area contributed by atoms with E-state index < -0.39 is 10.8 Å². The minimum atomic E-state index is -0.686. The predicted molar refractivity (Wildman–Crippen MR) is 85.3 cm³/mol. The minimum absolute atomic E-state index is 0.143. The lowest BCUT2D eigenvalue weighted by Crippen LogP contribution is -2.39. The Hall–Kier alpha value is -0.740. The van der Waals surface area contributed by atoms with E-state index in [1.807, 2.05) is 13.0 Å². The molecule has 1 N–H and O–H groups in total. The zero-order chi connectivity index (χ0) is 14.8. The van der Waals surface area contributed by atoms with E-state index in [0.717, 1.165) is 49.8 Å². The highest BCUT2D eigenvalue weighted by molar-refractivity contribution is 7.85. The van der Waals surface area contributed by atoms with Crippen molar-refractivity contribution in [1.82, 2.24) is 5.32 Å². The number of fused-ring (bicyclic) bond motifs is 1. The summed E-state index contributed by atoms with van der Waals surface area (Å²) < 4.78 is 25.5. The van der Waals surface area contributed by atoms with E-state index in [4.69, 9.17) is 0 Å². The lowest BCUT2D eigenvalue weighted by molar-refractivity contribution is 0.340. The van der Waals surface area contributed by atoms with Crippen LogP contribution in [0.3, 0.4) is 0 Å². The number of nitrogens with one attached hydrogen (secondary N) is 1. The van der Waals surface area contributed by atoms with E-state index in [1.165, 1.54) is 5.56 Å². The van der Waals surface area contributed by atoms with Gasteiger partial charge in [-0.15, -0.1) is 0 Å². The summed E-state index contributed by atoms with van der Waals surface area (Å²) in [4.78, 5) is 0. The van der Waals surface area contributed by atoms with E-state index >= 15 is 0 Å². The highest BCUT2D eigenvalue weighted by Crippen LogP contribution is 2.34. The molecule has 1 fully saturated rings. The van der Waals surface area contributed by atoms with Crippen LogP contribution in [0.15, 0.2) is 18.2 Å². The van der Waals surface area contributed by atoms with Crippen LogP contribution in [-0.4, -0.2) is 21.3 Å². The number of aryl methyl sites for hydroxylation is 1. The number of benzene rings is 1. The molecule has 21 heavy (non-hydrogen) atoms. The van der Waals surface area contributed by atoms with Crippen LogP contribution in [0.1, 0.15) is 56.2 Å². The van der Waals surface area contributed by atoms with Gasteiger partial charge in [-0.1, -0.05) is 19.4 Å². The lowest BCUT2D eigenvalue weighted by atomic mass is 9.93. The molecule has 0 bridgehead atoms. The third-order valence-electron chi connectivity index (χ3n) is 4.90. The summed E-state index contributed by atoms with van der Waals surface area (Å²) >= 11 is 0. The summed E-state index contributed by atoms with van der Waals surface area (Å²) in [5.74, 6) is 0.616. The van der Waals surface area contributed by atoms with Gasteiger partial charge >= 0.3 is 0 Å². The fourth-order valence-electron chi connectivity index (χ4n) is 3.80. The molecule has 0 spiro atoms. The summed E-state index contributed by atoms with van der Waals surface area (Å²) in [6.07, 6.45) is 6.48. The third-order valence-corrected chi connectivity index (χ3v) is 6.65. The highest BCUT2D eigenvalue weighted by Gasteiger charge is 2.29. The van der Waals surface area contributed by atoms with Crippen molar-refractivity contribution in [2.24, 2.45) is 0 Å². The normalized spacial score (nSPS) is 30.1. The van der Waals surface area contributed by atoms with Crippen molar-refractivity contribution in [2.75, 3.05) is 5.75 Å². The topological polar surface area (TPSA) is 29.1 Å². The molecular formula is C17H24FNOS. The van der Waals surface area contributed by atoms with Gasteiger partial charge in [-0.2, -0.15) is 0 Å². The van der Waals surface area contributed by atoms with Gasteiger partial charge in [0.05, 0.1) is 0 Å². The Labute approximate surface area is 129 Å². The van der Waals surface area contributed by atoms with E-state index in [-0.39, 0.29) is 11.9 Å². The Balaban J connectivity index is 1.65. The van der Waals surface area contributed by atoms with Crippen molar-refractivity contribution in [3.05, 3.63) is 35.1 Å². The first-order valence-corrected chi connectivity index (χ1v) is 9.47. The second kappa shape index (κ2) is 6.57. The van der Waals surface area contributed by atoms with Crippen LogP contribution in [0.4, 0.5) is 4.39 Å². The van der Waals surface area contributed by atoms with Crippen LogP contribution >= 0.6 is 0 Å². The molecule has 2 aliphatic carbocycles. The zero-order valence-corrected chi connectivity index (χ0v) is 13.4. The van der Waals surface area contributed by atoms with Crippen molar-refractivity contribution in [2.45, 2.75) is 62.8 Å². The molecule has 0 aromatic heterocycles. The maximum Gasteiger partial charge on any atom is 0.123 e. The van der Waals surface area contributed by atoms with Crippen molar-refractivity contribution < 1.29 is 8.60 Å². The molecule has 0 unspecified atom stereocenters. The number of rotatable bonds is 4.